The lowest BCUT2D eigenvalue weighted by Gasteiger charge is -2.17. The maximum absolute atomic E-state index is 12.1. The van der Waals surface area contributed by atoms with Crippen LogP contribution in [0.5, 0.6) is 0 Å². The maximum atomic E-state index is 12.1. The van der Waals surface area contributed by atoms with Crippen LogP contribution in [-0.4, -0.2) is 27.2 Å². The molecule has 0 aromatic carbocycles. The summed E-state index contributed by atoms with van der Waals surface area (Å²) in [5, 5.41) is 0. The van der Waals surface area contributed by atoms with Gasteiger partial charge in [0.1, 0.15) is 0 Å². The van der Waals surface area contributed by atoms with Crippen molar-refractivity contribution in [3.8, 4) is 0 Å². The smallest absolute Gasteiger partial charge is 0.174 e. The number of hydrogen-bond acceptors (Lipinski definition) is 3. The van der Waals surface area contributed by atoms with Gasteiger partial charge in [-0.15, -0.1) is 13.2 Å². The molecular weight excluding hydrogens is 184 g/mol. The zero-order valence-electron chi connectivity index (χ0n) is 6.31. The lowest BCUT2D eigenvalue weighted by Crippen LogP contribution is -2.19. The van der Waals surface area contributed by atoms with Gasteiger partial charge in [0.2, 0.25) is 0 Å². The summed E-state index contributed by atoms with van der Waals surface area (Å²) in [6, 6.07) is 0. The van der Waals surface area contributed by atoms with E-state index in [0.29, 0.717) is 0 Å². The summed E-state index contributed by atoms with van der Waals surface area (Å²) in [7, 11) is -1.43. The van der Waals surface area contributed by atoms with E-state index in [1.807, 2.05) is 0 Å². The molecule has 0 aliphatic heterocycles. The maximum Gasteiger partial charge on any atom is 0.598 e. The van der Waals surface area contributed by atoms with E-state index in [9.17, 15) is 13.2 Å². The van der Waals surface area contributed by atoms with Crippen LogP contribution in [0.2, 0.25) is 0 Å². The molecule has 0 aromatic heterocycles. The number of alkyl halides is 3. The Hall–Kier alpha value is 0.100. The van der Waals surface area contributed by atoms with Gasteiger partial charge in [-0.25, -0.2) is 0 Å². The topological polar surface area (TPSA) is 27.7 Å². The van der Waals surface area contributed by atoms with E-state index >= 15 is 0 Å². The Morgan fingerprint density at radius 3 is 1.18 bits per heavy atom. The Morgan fingerprint density at radius 2 is 1.18 bits per heavy atom. The molecule has 0 amide bonds. The van der Waals surface area contributed by atoms with Gasteiger partial charge >= 0.3 is 13.9 Å². The molecule has 3 nitrogen and oxygen atoms in total. The normalized spacial score (nSPS) is 13.6. The highest BCUT2D eigenvalue weighted by molar-refractivity contribution is 7.62. The summed E-state index contributed by atoms with van der Waals surface area (Å²) < 4.78 is 48.6. The van der Waals surface area contributed by atoms with Crippen LogP contribution in [0.4, 0.5) is 13.2 Å². The van der Waals surface area contributed by atoms with Crippen LogP contribution in [0.15, 0.2) is 0 Å². The van der Waals surface area contributed by atoms with Gasteiger partial charge in [0, 0.05) is 0 Å². The molecule has 0 bridgehead atoms. The largest absolute Gasteiger partial charge is 0.598 e. The summed E-state index contributed by atoms with van der Waals surface area (Å²) in [6.45, 7) is 0. The summed E-state index contributed by atoms with van der Waals surface area (Å²) in [4.78, 5) is 0. The molecule has 0 aliphatic carbocycles. The summed E-state index contributed by atoms with van der Waals surface area (Å²) >= 11 is 0. The van der Waals surface area contributed by atoms with E-state index < -0.39 is 13.9 Å². The highest BCUT2D eigenvalue weighted by Gasteiger charge is 2.70. The van der Waals surface area contributed by atoms with Gasteiger partial charge in [-0.2, -0.15) is 13.6 Å². The van der Waals surface area contributed by atoms with Crippen molar-refractivity contribution in [1.29, 1.82) is 0 Å². The summed E-state index contributed by atoms with van der Waals surface area (Å²) in [5.74, 6) is -4.59. The Labute approximate surface area is 63.0 Å². The predicted molar refractivity (Wildman–Crippen MR) is 34.0 cm³/mol. The summed E-state index contributed by atoms with van der Waals surface area (Å²) in [5.41, 5.74) is 0. The van der Waals surface area contributed by atoms with Crippen LogP contribution in [0.25, 0.3) is 0 Å². The molecule has 11 heavy (non-hydrogen) atoms. The first kappa shape index (κ1) is 11.1. The van der Waals surface area contributed by atoms with Gasteiger partial charge in [0.05, 0.1) is 21.3 Å². The molecule has 0 aromatic rings. The third-order valence-corrected chi connectivity index (χ3v) is 3.09. The Balaban J connectivity index is 4.54. The third kappa shape index (κ3) is 2.02. The van der Waals surface area contributed by atoms with Crippen LogP contribution in [-0.2, 0) is 13.6 Å². The van der Waals surface area contributed by atoms with Gasteiger partial charge in [0.15, 0.2) is 0 Å². The third-order valence-electron chi connectivity index (χ3n) is 1.03. The van der Waals surface area contributed by atoms with Crippen LogP contribution < -0.4 is 0 Å². The second-order valence-electron chi connectivity index (χ2n) is 1.51. The fraction of sp³-hybridized carbons (Fsp3) is 1.00. The molecule has 0 unspecified atom stereocenters. The minimum Gasteiger partial charge on any atom is -0.174 e. The van der Waals surface area contributed by atoms with Crippen LogP contribution >= 0.6 is 7.94 Å². The van der Waals surface area contributed by atoms with Crippen molar-refractivity contribution in [3.63, 3.8) is 0 Å². The van der Waals surface area contributed by atoms with Crippen LogP contribution in [0.3, 0.4) is 0 Å². The quantitative estimate of drug-likeness (QED) is 0.643. The Bertz CT molecular complexity index is 114. The van der Waals surface area contributed by atoms with Crippen molar-refractivity contribution in [3.05, 3.63) is 0 Å². The van der Waals surface area contributed by atoms with Gasteiger partial charge in [-0.3, -0.25) is 0 Å². The number of hydrogen-bond donors (Lipinski definition) is 0. The Kier molecular flexibility index (Phi) is 3.70. The van der Waals surface area contributed by atoms with E-state index in [-0.39, 0.29) is 0 Å². The van der Waals surface area contributed by atoms with Gasteiger partial charge < -0.3 is 0 Å². The molecule has 0 aliphatic rings. The average Bonchev–Trinajstić information content (AvgIpc) is 1.90. The minimum atomic E-state index is -4.59. The fourth-order valence-electron chi connectivity index (χ4n) is 0.534. The first-order valence-corrected chi connectivity index (χ1v) is 4.11. The lowest BCUT2D eigenvalue weighted by molar-refractivity contribution is -0.0834. The molecule has 0 spiro atoms. The SMILES string of the molecule is CO[P+](OC)(OC)C(F)(F)F. The van der Waals surface area contributed by atoms with E-state index in [0.717, 1.165) is 21.3 Å². The van der Waals surface area contributed by atoms with E-state index in [4.69, 9.17) is 0 Å². The van der Waals surface area contributed by atoms with Crippen LogP contribution in [0, 0.1) is 0 Å². The van der Waals surface area contributed by atoms with Gasteiger partial charge in [0.25, 0.3) is 0 Å². The average molecular weight is 193 g/mol. The molecule has 0 heterocycles. The molecule has 0 radical (unpaired) electrons. The minimum absolute atomic E-state index is 0.897. The van der Waals surface area contributed by atoms with E-state index in [2.05, 4.69) is 13.6 Å². The van der Waals surface area contributed by atoms with Crippen molar-refractivity contribution >= 4 is 7.94 Å². The molecule has 0 saturated carbocycles. The van der Waals surface area contributed by atoms with Crippen molar-refractivity contribution in [2.45, 2.75) is 5.92 Å². The first-order valence-electron chi connectivity index (χ1n) is 2.56. The molecule has 0 saturated heterocycles. The molecule has 68 valence electrons. The molecule has 0 rings (SSSR count). The number of rotatable bonds is 3. The molecule has 0 fully saturated rings. The first-order chi connectivity index (χ1) is 4.93. The second kappa shape index (κ2) is 3.67. The second-order valence-corrected chi connectivity index (χ2v) is 4.11. The predicted octanol–water partition coefficient (Wildman–Crippen LogP) is 2.21. The van der Waals surface area contributed by atoms with Crippen LogP contribution in [0.1, 0.15) is 0 Å². The fourth-order valence-corrected chi connectivity index (χ4v) is 1.60. The van der Waals surface area contributed by atoms with Gasteiger partial charge in [-0.05, 0) is 0 Å². The lowest BCUT2D eigenvalue weighted by atomic mass is 11.6. The van der Waals surface area contributed by atoms with Crippen molar-refractivity contribution in [2.75, 3.05) is 21.3 Å². The van der Waals surface area contributed by atoms with Crippen molar-refractivity contribution in [1.82, 2.24) is 0 Å². The van der Waals surface area contributed by atoms with Crippen molar-refractivity contribution < 1.29 is 26.7 Å². The molecule has 0 N–H and O–H groups in total. The highest BCUT2D eigenvalue weighted by atomic mass is 31.2. The molecule has 7 heteroatoms. The molecule has 0 atom stereocenters. The van der Waals surface area contributed by atoms with Crippen molar-refractivity contribution in [2.24, 2.45) is 0 Å². The summed E-state index contributed by atoms with van der Waals surface area (Å²) in [6.07, 6.45) is 0. The number of halogens is 3. The Morgan fingerprint density at radius 1 is 0.909 bits per heavy atom. The van der Waals surface area contributed by atoms with E-state index in [1.165, 1.54) is 0 Å². The van der Waals surface area contributed by atoms with Gasteiger partial charge in [-0.1, -0.05) is 0 Å². The monoisotopic (exact) mass is 193 g/mol. The zero-order valence-corrected chi connectivity index (χ0v) is 7.20. The highest BCUT2D eigenvalue weighted by Crippen LogP contribution is 2.72. The standard InChI is InChI=1S/C4H9F3O3P/c1-8-11(9-2,10-3)4(5,6)7/h1-3H3/q+1. The zero-order chi connectivity index (χ0) is 9.12. The molecular formula is C4H9F3O3P+. The van der Waals surface area contributed by atoms with E-state index in [1.54, 1.807) is 0 Å².